The van der Waals surface area contributed by atoms with E-state index in [1.54, 1.807) is 11.1 Å². The molecule has 0 radical (unpaired) electrons. The molecule has 0 aliphatic heterocycles. The summed E-state index contributed by atoms with van der Waals surface area (Å²) in [5, 5.41) is 4.53. The number of allylic oxidation sites excluding steroid dienone is 4. The van der Waals surface area contributed by atoms with Crippen LogP contribution in [0.1, 0.15) is 49.9 Å². The Labute approximate surface area is 195 Å². The monoisotopic (exact) mass is 436 g/mol. The minimum Gasteiger partial charge on any atom is -0.0647 e. The summed E-state index contributed by atoms with van der Waals surface area (Å²) in [4.78, 5) is 0. The van der Waals surface area contributed by atoms with E-state index >= 15 is 0 Å². The molecule has 0 heterocycles. The molecule has 0 nitrogen and oxygen atoms in total. The largest absolute Gasteiger partial charge is 0.159 e. The average molecular weight is 437 g/mol. The highest BCUT2D eigenvalue weighted by atomic mass is 28.3. The Kier molecular flexibility index (Phi) is 5.90. The molecule has 3 aromatic rings. The maximum Gasteiger partial charge on any atom is 0.159 e. The predicted octanol–water partition coefficient (Wildman–Crippen LogP) is 6.45. The fourth-order valence-corrected chi connectivity index (χ4v) is 11.9. The van der Waals surface area contributed by atoms with Crippen LogP contribution in [0.3, 0.4) is 0 Å². The van der Waals surface area contributed by atoms with E-state index in [9.17, 15) is 0 Å². The minimum atomic E-state index is -2.42. The zero-order valence-electron chi connectivity index (χ0n) is 20.9. The molecule has 0 aromatic heterocycles. The van der Waals surface area contributed by atoms with Crippen molar-refractivity contribution >= 4 is 23.6 Å². The zero-order valence-corrected chi connectivity index (χ0v) is 21.9. The molecule has 0 N–H and O–H groups in total. The summed E-state index contributed by atoms with van der Waals surface area (Å²) < 4.78 is 0. The van der Waals surface area contributed by atoms with Crippen molar-refractivity contribution in [1.29, 1.82) is 0 Å². The Bertz CT molecular complexity index is 1130. The lowest BCUT2D eigenvalue weighted by molar-refractivity contribution is 1.09. The third-order valence-corrected chi connectivity index (χ3v) is 13.2. The van der Waals surface area contributed by atoms with Crippen LogP contribution in [0, 0.1) is 27.7 Å². The fourth-order valence-electron chi connectivity index (χ4n) is 5.83. The number of hydrogen-bond donors (Lipinski definition) is 0. The number of aryl methyl sites for hydroxylation is 4. The lowest BCUT2D eigenvalue weighted by Crippen LogP contribution is -2.70. The second kappa shape index (κ2) is 8.37. The second-order valence-corrected chi connectivity index (χ2v) is 13.9. The van der Waals surface area contributed by atoms with E-state index in [0.717, 1.165) is 0 Å². The normalized spacial score (nSPS) is 15.1. The number of rotatable bonds is 4. The van der Waals surface area contributed by atoms with Crippen molar-refractivity contribution in [3.63, 3.8) is 0 Å². The Morgan fingerprint density at radius 1 is 0.438 bits per heavy atom. The average Bonchev–Trinajstić information content (AvgIpc) is 2.94. The molecule has 0 spiro atoms. The summed E-state index contributed by atoms with van der Waals surface area (Å²) in [5.41, 5.74) is 11.8. The van der Waals surface area contributed by atoms with E-state index < -0.39 is 8.07 Å². The fraction of sp³-hybridized carbons (Fsp3) is 0.290. The molecule has 0 amide bonds. The first-order valence-electron chi connectivity index (χ1n) is 11.7. The molecular formula is C31H36Si. The Morgan fingerprint density at radius 2 is 0.812 bits per heavy atom. The van der Waals surface area contributed by atoms with Gasteiger partial charge in [-0.2, -0.15) is 0 Å². The van der Waals surface area contributed by atoms with Crippen molar-refractivity contribution in [2.45, 2.75) is 60.9 Å². The topological polar surface area (TPSA) is 0 Å². The number of benzene rings is 3. The lowest BCUT2D eigenvalue weighted by Gasteiger charge is -2.41. The van der Waals surface area contributed by atoms with E-state index in [1.807, 2.05) is 0 Å². The molecule has 32 heavy (non-hydrogen) atoms. The first-order valence-corrected chi connectivity index (χ1v) is 13.8. The van der Waals surface area contributed by atoms with Gasteiger partial charge < -0.3 is 0 Å². The SMILES string of the molecule is CC1=C(C)C([Si](c2ccc(C)cc2)(c2ccc(C)cc2)c2cc(C)cc(C)c2)C(C)=C1C. The summed E-state index contributed by atoms with van der Waals surface area (Å²) in [7, 11) is -2.42. The highest BCUT2D eigenvalue weighted by Gasteiger charge is 2.50. The molecule has 0 atom stereocenters. The van der Waals surface area contributed by atoms with Crippen molar-refractivity contribution in [2.24, 2.45) is 0 Å². The number of hydrogen-bond acceptors (Lipinski definition) is 0. The zero-order chi connectivity index (χ0) is 23.2. The van der Waals surface area contributed by atoms with Crippen LogP contribution in [-0.2, 0) is 0 Å². The van der Waals surface area contributed by atoms with E-state index in [1.165, 1.54) is 49.0 Å². The van der Waals surface area contributed by atoms with Gasteiger partial charge in [-0.15, -0.1) is 0 Å². The summed E-state index contributed by atoms with van der Waals surface area (Å²) in [5.74, 6) is 0. The molecule has 0 bridgehead atoms. The molecule has 1 heteroatoms. The van der Waals surface area contributed by atoms with E-state index in [0.29, 0.717) is 5.54 Å². The van der Waals surface area contributed by atoms with Gasteiger partial charge in [0, 0.05) is 5.54 Å². The van der Waals surface area contributed by atoms with Gasteiger partial charge in [0.15, 0.2) is 8.07 Å². The van der Waals surface area contributed by atoms with Crippen LogP contribution in [0.4, 0.5) is 0 Å². The standard InChI is InChI=1S/C31H36Si/c1-20-9-13-28(14-10-20)32(29-15-11-21(2)12-16-29,30-18-22(3)17-23(4)19-30)31-26(7)24(5)25(6)27(31)8/h9-19,31H,1-8H3. The van der Waals surface area contributed by atoms with Crippen molar-refractivity contribution in [3.05, 3.63) is 111 Å². The Morgan fingerprint density at radius 3 is 1.19 bits per heavy atom. The lowest BCUT2D eigenvalue weighted by atomic mass is 10.1. The molecular weight excluding hydrogens is 400 g/mol. The van der Waals surface area contributed by atoms with Gasteiger partial charge in [-0.3, -0.25) is 0 Å². The van der Waals surface area contributed by atoms with Crippen LogP contribution >= 0.6 is 0 Å². The molecule has 1 aliphatic carbocycles. The Balaban J connectivity index is 2.19. The highest BCUT2D eigenvalue weighted by molar-refractivity contribution is 7.13. The molecule has 0 saturated carbocycles. The summed E-state index contributed by atoms with van der Waals surface area (Å²) in [6.45, 7) is 18.3. The second-order valence-electron chi connectivity index (χ2n) is 9.97. The molecule has 0 unspecified atom stereocenters. The summed E-state index contributed by atoms with van der Waals surface area (Å²) in [6.07, 6.45) is 0. The van der Waals surface area contributed by atoms with Gasteiger partial charge in [-0.25, -0.2) is 0 Å². The predicted molar refractivity (Wildman–Crippen MR) is 143 cm³/mol. The van der Waals surface area contributed by atoms with Crippen LogP contribution in [0.25, 0.3) is 0 Å². The van der Waals surface area contributed by atoms with Crippen LogP contribution in [-0.4, -0.2) is 8.07 Å². The van der Waals surface area contributed by atoms with E-state index in [2.05, 4.69) is 122 Å². The maximum absolute atomic E-state index is 2.47. The molecule has 164 valence electrons. The van der Waals surface area contributed by atoms with E-state index in [-0.39, 0.29) is 0 Å². The van der Waals surface area contributed by atoms with Gasteiger partial charge in [0.25, 0.3) is 0 Å². The van der Waals surface area contributed by atoms with Crippen LogP contribution in [0.5, 0.6) is 0 Å². The van der Waals surface area contributed by atoms with Crippen LogP contribution in [0.15, 0.2) is 89.0 Å². The molecule has 1 aliphatic rings. The van der Waals surface area contributed by atoms with Crippen molar-refractivity contribution in [1.82, 2.24) is 0 Å². The maximum atomic E-state index is 2.47. The summed E-state index contributed by atoms with van der Waals surface area (Å²) in [6, 6.07) is 26.2. The minimum absolute atomic E-state index is 0.425. The first-order chi connectivity index (χ1) is 15.2. The molecule has 0 saturated heterocycles. The highest BCUT2D eigenvalue weighted by Crippen LogP contribution is 2.46. The molecule has 4 rings (SSSR count). The molecule has 3 aromatic carbocycles. The smallest absolute Gasteiger partial charge is 0.0647 e. The van der Waals surface area contributed by atoms with Crippen LogP contribution in [0.2, 0.25) is 5.54 Å². The quantitative estimate of drug-likeness (QED) is 0.326. The third kappa shape index (κ3) is 3.53. The Hall–Kier alpha value is -2.64. The van der Waals surface area contributed by atoms with Gasteiger partial charge >= 0.3 is 0 Å². The van der Waals surface area contributed by atoms with Crippen molar-refractivity contribution in [3.8, 4) is 0 Å². The van der Waals surface area contributed by atoms with Gasteiger partial charge in [0.1, 0.15) is 0 Å². The van der Waals surface area contributed by atoms with Gasteiger partial charge in [0.2, 0.25) is 0 Å². The van der Waals surface area contributed by atoms with Crippen molar-refractivity contribution < 1.29 is 0 Å². The van der Waals surface area contributed by atoms with Crippen LogP contribution < -0.4 is 15.6 Å². The van der Waals surface area contributed by atoms with E-state index in [4.69, 9.17) is 0 Å². The first kappa shape index (κ1) is 22.5. The molecule has 0 fully saturated rings. The van der Waals surface area contributed by atoms with Gasteiger partial charge in [-0.05, 0) is 82.1 Å². The van der Waals surface area contributed by atoms with Crippen molar-refractivity contribution in [2.75, 3.05) is 0 Å². The van der Waals surface area contributed by atoms with Gasteiger partial charge in [0.05, 0.1) is 0 Å². The van der Waals surface area contributed by atoms with Gasteiger partial charge in [-0.1, -0.05) is 100 Å². The third-order valence-electron chi connectivity index (χ3n) is 7.74. The summed E-state index contributed by atoms with van der Waals surface area (Å²) >= 11 is 0.